The van der Waals surface area contributed by atoms with E-state index in [2.05, 4.69) is 20.7 Å². The Morgan fingerprint density at radius 1 is 1.22 bits per heavy atom. The Kier molecular flexibility index (Phi) is 4.18. The average molecular weight is 310 g/mol. The maximum atomic E-state index is 12.1. The van der Waals surface area contributed by atoms with Gasteiger partial charge in [0.15, 0.2) is 5.82 Å². The van der Waals surface area contributed by atoms with Crippen molar-refractivity contribution in [3.63, 3.8) is 0 Å². The molecule has 0 bridgehead atoms. The maximum Gasteiger partial charge on any atom is 0.231 e. The van der Waals surface area contributed by atoms with Crippen LogP contribution in [0.1, 0.15) is 25.6 Å². The van der Waals surface area contributed by atoms with Crippen LogP contribution in [0.3, 0.4) is 0 Å². The van der Waals surface area contributed by atoms with E-state index in [1.807, 2.05) is 61.1 Å². The van der Waals surface area contributed by atoms with Crippen LogP contribution in [-0.2, 0) is 11.2 Å². The highest BCUT2D eigenvalue weighted by Gasteiger charge is 2.10. The second-order valence-electron chi connectivity index (χ2n) is 5.49. The lowest BCUT2D eigenvalue weighted by Gasteiger charge is -2.03. The third-order valence-electron chi connectivity index (χ3n) is 3.32. The molecule has 0 aliphatic carbocycles. The van der Waals surface area contributed by atoms with E-state index in [1.165, 1.54) is 0 Å². The van der Waals surface area contributed by atoms with E-state index in [0.717, 1.165) is 11.4 Å². The SMILES string of the molecule is CC(C)n1ccc(CC(=O)Nc2cn(-c3ccccc3)nn2)n1. The molecule has 7 nitrogen and oxygen atoms in total. The summed E-state index contributed by atoms with van der Waals surface area (Å²) < 4.78 is 3.44. The van der Waals surface area contributed by atoms with Crippen LogP contribution >= 0.6 is 0 Å². The number of hydrogen-bond acceptors (Lipinski definition) is 4. The fraction of sp³-hybridized carbons (Fsp3) is 0.250. The summed E-state index contributed by atoms with van der Waals surface area (Å²) in [6.45, 7) is 4.08. The summed E-state index contributed by atoms with van der Waals surface area (Å²) in [5.74, 6) is 0.251. The minimum absolute atomic E-state index is 0.167. The van der Waals surface area contributed by atoms with E-state index < -0.39 is 0 Å². The topological polar surface area (TPSA) is 77.6 Å². The number of carbonyl (C=O) groups excluding carboxylic acids is 1. The van der Waals surface area contributed by atoms with Crippen molar-refractivity contribution in [2.75, 3.05) is 5.32 Å². The van der Waals surface area contributed by atoms with Crippen molar-refractivity contribution in [1.82, 2.24) is 24.8 Å². The third-order valence-corrected chi connectivity index (χ3v) is 3.32. The molecule has 7 heteroatoms. The van der Waals surface area contributed by atoms with Gasteiger partial charge < -0.3 is 5.32 Å². The molecular weight excluding hydrogens is 292 g/mol. The molecule has 118 valence electrons. The zero-order chi connectivity index (χ0) is 16.2. The van der Waals surface area contributed by atoms with Crippen molar-refractivity contribution in [2.45, 2.75) is 26.3 Å². The van der Waals surface area contributed by atoms with Crippen LogP contribution in [0.5, 0.6) is 0 Å². The summed E-state index contributed by atoms with van der Waals surface area (Å²) >= 11 is 0. The first-order valence-corrected chi connectivity index (χ1v) is 7.43. The summed E-state index contributed by atoms with van der Waals surface area (Å²) in [5, 5.41) is 15.1. The number of benzene rings is 1. The Morgan fingerprint density at radius 2 is 2.00 bits per heavy atom. The summed E-state index contributed by atoms with van der Waals surface area (Å²) in [7, 11) is 0. The highest BCUT2D eigenvalue weighted by Crippen LogP contribution is 2.09. The molecule has 0 atom stereocenters. The molecule has 1 N–H and O–H groups in total. The van der Waals surface area contributed by atoms with E-state index in [4.69, 9.17) is 0 Å². The number of nitrogens with zero attached hydrogens (tertiary/aromatic N) is 5. The van der Waals surface area contributed by atoms with Crippen LogP contribution in [0, 0.1) is 0 Å². The Morgan fingerprint density at radius 3 is 2.70 bits per heavy atom. The van der Waals surface area contributed by atoms with Gasteiger partial charge in [0.05, 0.1) is 24.0 Å². The monoisotopic (exact) mass is 310 g/mol. The standard InChI is InChI=1S/C16H18N6O/c1-12(2)21-9-8-13(19-21)10-16(23)17-15-11-22(20-18-15)14-6-4-3-5-7-14/h3-9,11-12H,10H2,1-2H3,(H,17,23). The van der Waals surface area contributed by atoms with Crippen molar-refractivity contribution in [1.29, 1.82) is 0 Å². The number of nitrogens with one attached hydrogen (secondary N) is 1. The number of amides is 1. The lowest BCUT2D eigenvalue weighted by atomic mass is 10.3. The molecule has 0 saturated heterocycles. The van der Waals surface area contributed by atoms with Crippen molar-refractivity contribution >= 4 is 11.7 Å². The number of hydrogen-bond donors (Lipinski definition) is 1. The largest absolute Gasteiger partial charge is 0.308 e. The first-order chi connectivity index (χ1) is 11.1. The molecular formula is C16H18N6O. The molecule has 3 rings (SSSR count). The molecule has 3 aromatic rings. The highest BCUT2D eigenvalue weighted by atomic mass is 16.1. The predicted molar refractivity (Wildman–Crippen MR) is 86.3 cm³/mol. The van der Waals surface area contributed by atoms with Crippen LogP contribution in [-0.4, -0.2) is 30.7 Å². The van der Waals surface area contributed by atoms with Gasteiger partial charge in [0.25, 0.3) is 0 Å². The second kappa shape index (κ2) is 6.43. The van der Waals surface area contributed by atoms with Gasteiger partial charge in [-0.3, -0.25) is 9.48 Å². The third kappa shape index (κ3) is 3.63. The molecule has 0 unspecified atom stereocenters. The van der Waals surface area contributed by atoms with Crippen molar-refractivity contribution in [2.24, 2.45) is 0 Å². The van der Waals surface area contributed by atoms with Crippen molar-refractivity contribution in [3.8, 4) is 5.69 Å². The number of aromatic nitrogens is 5. The van der Waals surface area contributed by atoms with E-state index in [1.54, 1.807) is 10.9 Å². The van der Waals surface area contributed by atoms with Crippen LogP contribution in [0.2, 0.25) is 0 Å². The fourth-order valence-corrected chi connectivity index (χ4v) is 2.14. The highest BCUT2D eigenvalue weighted by molar-refractivity contribution is 5.90. The smallest absolute Gasteiger partial charge is 0.231 e. The summed E-state index contributed by atoms with van der Waals surface area (Å²) in [4.78, 5) is 12.1. The summed E-state index contributed by atoms with van der Waals surface area (Å²) in [5.41, 5.74) is 1.61. The first-order valence-electron chi connectivity index (χ1n) is 7.43. The minimum Gasteiger partial charge on any atom is -0.308 e. The van der Waals surface area contributed by atoms with Crippen LogP contribution in [0.4, 0.5) is 5.82 Å². The van der Waals surface area contributed by atoms with Crippen LogP contribution in [0.25, 0.3) is 5.69 Å². The molecule has 0 radical (unpaired) electrons. The van der Waals surface area contributed by atoms with Gasteiger partial charge in [-0.1, -0.05) is 23.4 Å². The van der Waals surface area contributed by atoms with E-state index >= 15 is 0 Å². The molecule has 2 heterocycles. The molecule has 1 aromatic carbocycles. The molecule has 0 aliphatic heterocycles. The van der Waals surface area contributed by atoms with Gasteiger partial charge in [-0.05, 0) is 32.0 Å². The number of anilines is 1. The Labute approximate surface area is 133 Å². The minimum atomic E-state index is -0.167. The summed E-state index contributed by atoms with van der Waals surface area (Å²) in [6.07, 6.45) is 3.76. The van der Waals surface area contributed by atoms with Gasteiger partial charge in [0.2, 0.25) is 5.91 Å². The molecule has 0 aliphatic rings. The molecule has 23 heavy (non-hydrogen) atoms. The van der Waals surface area contributed by atoms with Crippen molar-refractivity contribution < 1.29 is 4.79 Å². The van der Waals surface area contributed by atoms with Gasteiger partial charge in [0, 0.05) is 12.2 Å². The van der Waals surface area contributed by atoms with Gasteiger partial charge in [-0.15, -0.1) is 5.10 Å². The molecule has 0 fully saturated rings. The van der Waals surface area contributed by atoms with Crippen LogP contribution < -0.4 is 5.32 Å². The molecule has 2 aromatic heterocycles. The Hall–Kier alpha value is -2.96. The maximum absolute atomic E-state index is 12.1. The van der Waals surface area contributed by atoms with E-state index in [0.29, 0.717) is 5.82 Å². The second-order valence-corrected chi connectivity index (χ2v) is 5.49. The van der Waals surface area contributed by atoms with Crippen molar-refractivity contribution in [3.05, 3.63) is 54.5 Å². The average Bonchev–Trinajstić information content (AvgIpc) is 3.18. The molecule has 0 saturated carbocycles. The van der Waals surface area contributed by atoms with Crippen LogP contribution in [0.15, 0.2) is 48.8 Å². The quantitative estimate of drug-likeness (QED) is 0.784. The molecule has 1 amide bonds. The van der Waals surface area contributed by atoms with Gasteiger partial charge >= 0.3 is 0 Å². The first kappa shape index (κ1) is 15.0. The van der Waals surface area contributed by atoms with Gasteiger partial charge in [-0.25, -0.2) is 4.68 Å². The fourth-order valence-electron chi connectivity index (χ4n) is 2.14. The number of carbonyl (C=O) groups is 1. The number of rotatable bonds is 5. The Balaban J connectivity index is 1.63. The van der Waals surface area contributed by atoms with Gasteiger partial charge in [0.1, 0.15) is 0 Å². The normalized spacial score (nSPS) is 10.9. The van der Waals surface area contributed by atoms with E-state index in [-0.39, 0.29) is 18.4 Å². The van der Waals surface area contributed by atoms with Gasteiger partial charge in [-0.2, -0.15) is 5.10 Å². The summed E-state index contributed by atoms with van der Waals surface area (Å²) in [6, 6.07) is 11.7. The Bertz CT molecular complexity index is 790. The zero-order valence-electron chi connectivity index (χ0n) is 13.0. The lowest BCUT2D eigenvalue weighted by Crippen LogP contribution is -2.15. The lowest BCUT2D eigenvalue weighted by molar-refractivity contribution is -0.115. The van der Waals surface area contributed by atoms with E-state index in [9.17, 15) is 4.79 Å². The number of para-hydroxylation sites is 1. The zero-order valence-corrected chi connectivity index (χ0v) is 13.0. The molecule has 0 spiro atoms. The predicted octanol–water partition coefficient (Wildman–Crippen LogP) is 2.23.